The van der Waals surface area contributed by atoms with Crippen LogP contribution in [0, 0.1) is 10.8 Å². The smallest absolute Gasteiger partial charge is 0.232 e. The van der Waals surface area contributed by atoms with E-state index in [1.54, 1.807) is 0 Å². The number of nitrogens with zero attached hydrogens (tertiary/aromatic N) is 7. The van der Waals surface area contributed by atoms with Crippen LogP contribution in [-0.4, -0.2) is 20.9 Å². The number of benzene rings is 6. The summed E-state index contributed by atoms with van der Waals surface area (Å²) in [5.74, 6) is 0. The van der Waals surface area contributed by atoms with Crippen molar-refractivity contribution in [2.24, 2.45) is 41.5 Å². The lowest BCUT2D eigenvalue weighted by Gasteiger charge is -2.37. The van der Waals surface area contributed by atoms with E-state index in [2.05, 4.69) is 123 Å². The number of azo groups is 3. The minimum atomic E-state index is -0.159. The van der Waals surface area contributed by atoms with Gasteiger partial charge in [-0.2, -0.15) is 0 Å². The Morgan fingerprint density at radius 1 is 0.382 bits per heavy atom. The minimum absolute atomic E-state index is 0.159. The molecular formula is C55H70N10S3. The first kappa shape index (κ1) is 57.7. The maximum Gasteiger partial charge on any atom is 0.232 e. The maximum absolute atomic E-state index is 5.29. The van der Waals surface area contributed by atoms with Crippen LogP contribution in [0.4, 0.5) is 22.7 Å². The maximum atomic E-state index is 5.29. The van der Waals surface area contributed by atoms with Gasteiger partial charge in [0.05, 0.1) is 28.3 Å². The molecule has 0 atom stereocenters. The highest BCUT2D eigenvalue weighted by Gasteiger charge is 2.22. The van der Waals surface area contributed by atoms with Crippen LogP contribution in [0.1, 0.15) is 87.3 Å². The standard InChI is InChI=1S/C17H20N4S.2C14H13N3S.2C5H12/c1-17(2,3)21(15-12-8-5-9-13-15)20-16(22)19-18-14-10-6-4-7-11-14;2*18-14(15-11-12-7-3-1-4-8-12)17-16-13-9-5-2-6-10-13;2*1-5(2,3)4/h4-13H,1-3H3,(H,20,22);2*1-10H,11H2,(H,15,18);2*1-4H3. The molecule has 0 heterocycles. The van der Waals surface area contributed by atoms with Crippen LogP contribution in [-0.2, 0) is 13.1 Å². The van der Waals surface area contributed by atoms with Crippen LogP contribution in [0.25, 0.3) is 0 Å². The molecule has 3 N–H and O–H groups in total. The van der Waals surface area contributed by atoms with Gasteiger partial charge in [-0.05, 0) is 128 Å². The fourth-order valence-electron chi connectivity index (χ4n) is 4.73. The zero-order valence-electron chi connectivity index (χ0n) is 41.6. The lowest BCUT2D eigenvalue weighted by Crippen LogP contribution is -2.52. The highest BCUT2D eigenvalue weighted by atomic mass is 32.1. The topological polar surface area (TPSA) is 113 Å². The number of anilines is 1. The molecule has 0 saturated heterocycles. The average molecular weight is 967 g/mol. The molecule has 0 fully saturated rings. The summed E-state index contributed by atoms with van der Waals surface area (Å²) in [6, 6.07) is 58.6. The van der Waals surface area contributed by atoms with Crippen molar-refractivity contribution in [3.05, 3.63) is 193 Å². The average Bonchev–Trinajstić information content (AvgIpc) is 3.31. The lowest BCUT2D eigenvalue weighted by atomic mass is 10.0. The van der Waals surface area contributed by atoms with E-state index >= 15 is 0 Å². The summed E-state index contributed by atoms with van der Waals surface area (Å²) in [4.78, 5) is 0. The first-order valence-electron chi connectivity index (χ1n) is 22.4. The number of thiocarbonyl (C=S) groups is 3. The van der Waals surface area contributed by atoms with E-state index < -0.39 is 0 Å². The van der Waals surface area contributed by atoms with Gasteiger partial charge in [-0.1, -0.05) is 189 Å². The van der Waals surface area contributed by atoms with Crippen LogP contribution in [0.3, 0.4) is 0 Å². The van der Waals surface area contributed by atoms with E-state index in [9.17, 15) is 0 Å². The van der Waals surface area contributed by atoms with Gasteiger partial charge in [0.1, 0.15) is 0 Å². The van der Waals surface area contributed by atoms with E-state index in [4.69, 9.17) is 36.7 Å². The van der Waals surface area contributed by atoms with E-state index in [-0.39, 0.29) is 5.54 Å². The molecule has 0 unspecified atom stereocenters. The largest absolute Gasteiger partial charge is 0.355 e. The second kappa shape index (κ2) is 31.5. The molecule has 0 aromatic heterocycles. The van der Waals surface area contributed by atoms with E-state index in [1.807, 2.05) is 187 Å². The van der Waals surface area contributed by atoms with Crippen LogP contribution < -0.4 is 21.1 Å². The van der Waals surface area contributed by atoms with Gasteiger partial charge in [0.25, 0.3) is 0 Å². The molecule has 0 saturated carbocycles. The molecule has 13 heteroatoms. The second-order valence-corrected chi connectivity index (χ2v) is 20.3. The normalized spacial score (nSPS) is 11.0. The summed E-state index contributed by atoms with van der Waals surface area (Å²) in [5.41, 5.74) is 9.69. The van der Waals surface area contributed by atoms with Crippen molar-refractivity contribution in [2.75, 3.05) is 5.01 Å². The molecule has 0 amide bonds. The Morgan fingerprint density at radius 3 is 0.912 bits per heavy atom. The Balaban J connectivity index is 0.000000319. The van der Waals surface area contributed by atoms with E-state index in [0.29, 0.717) is 39.3 Å². The number of hydrazine groups is 1. The highest BCUT2D eigenvalue weighted by Crippen LogP contribution is 2.21. The summed E-state index contributed by atoms with van der Waals surface area (Å²) < 4.78 is 0. The van der Waals surface area contributed by atoms with Gasteiger partial charge in [-0.3, -0.25) is 10.4 Å². The number of para-hydroxylation sites is 1. The van der Waals surface area contributed by atoms with Crippen molar-refractivity contribution < 1.29 is 0 Å². The first-order valence-corrected chi connectivity index (χ1v) is 23.6. The van der Waals surface area contributed by atoms with Crippen molar-refractivity contribution in [1.29, 1.82) is 0 Å². The SMILES string of the molecule is CC(C)(C)C.CC(C)(C)C.CC(C)(C)N(NC(=S)N=Nc1ccccc1)c1ccccc1.S=C(N=Nc1ccccc1)NCc1ccccc1.S=C(N=Nc1ccccc1)NCc1ccccc1. The molecule has 0 aliphatic carbocycles. The Bertz CT molecular complexity index is 2250. The lowest BCUT2D eigenvalue weighted by molar-refractivity contribution is 0.469. The monoisotopic (exact) mass is 966 g/mol. The molecule has 6 aromatic rings. The Morgan fingerprint density at radius 2 is 0.632 bits per heavy atom. The van der Waals surface area contributed by atoms with Gasteiger partial charge < -0.3 is 10.6 Å². The predicted molar refractivity (Wildman–Crippen MR) is 299 cm³/mol. The fraction of sp³-hybridized carbons (Fsp3) is 0.291. The molecule has 6 rings (SSSR count). The zero-order valence-corrected chi connectivity index (χ0v) is 44.0. The van der Waals surface area contributed by atoms with E-state index in [1.165, 1.54) is 0 Å². The number of rotatable bonds is 9. The molecule has 0 radical (unpaired) electrons. The zero-order chi connectivity index (χ0) is 50.3. The van der Waals surface area contributed by atoms with Gasteiger partial charge in [-0.25, -0.2) is 0 Å². The Hall–Kier alpha value is -6.41. The minimum Gasteiger partial charge on any atom is -0.355 e. The molecule has 0 bridgehead atoms. The van der Waals surface area contributed by atoms with Crippen LogP contribution in [0.5, 0.6) is 0 Å². The molecule has 358 valence electrons. The van der Waals surface area contributed by atoms with Crippen molar-refractivity contribution >= 4 is 74.7 Å². The first-order chi connectivity index (χ1) is 32.2. The van der Waals surface area contributed by atoms with Crippen LogP contribution in [0.2, 0.25) is 0 Å². The van der Waals surface area contributed by atoms with Crippen LogP contribution >= 0.6 is 36.7 Å². The number of hydrogen-bond donors (Lipinski definition) is 3. The van der Waals surface area contributed by atoms with Crippen molar-refractivity contribution in [3.8, 4) is 0 Å². The third kappa shape index (κ3) is 31.5. The molecule has 0 spiro atoms. The number of hydrogen-bond acceptors (Lipinski definition) is 7. The molecule has 68 heavy (non-hydrogen) atoms. The molecule has 0 aliphatic rings. The van der Waals surface area contributed by atoms with Gasteiger partial charge in [-0.15, -0.1) is 30.7 Å². The van der Waals surface area contributed by atoms with Crippen molar-refractivity contribution in [2.45, 2.75) is 94.8 Å². The third-order valence-corrected chi connectivity index (χ3v) is 8.13. The van der Waals surface area contributed by atoms with Crippen molar-refractivity contribution in [3.63, 3.8) is 0 Å². The van der Waals surface area contributed by atoms with Gasteiger partial charge >= 0.3 is 0 Å². The van der Waals surface area contributed by atoms with Crippen LogP contribution in [0.15, 0.2) is 213 Å². The number of nitrogens with one attached hydrogen (secondary N) is 3. The molecular weight excluding hydrogens is 897 g/mol. The summed E-state index contributed by atoms with van der Waals surface area (Å²) in [7, 11) is 0. The molecule has 10 nitrogen and oxygen atoms in total. The van der Waals surface area contributed by atoms with Gasteiger partial charge in [0.15, 0.2) is 0 Å². The summed E-state index contributed by atoms with van der Waals surface area (Å²) >= 11 is 15.4. The second-order valence-electron chi connectivity index (χ2n) is 19.2. The van der Waals surface area contributed by atoms with Crippen molar-refractivity contribution in [1.82, 2.24) is 16.1 Å². The highest BCUT2D eigenvalue weighted by molar-refractivity contribution is 7.80. The summed E-state index contributed by atoms with van der Waals surface area (Å²) in [5, 5.41) is 33.4. The summed E-state index contributed by atoms with van der Waals surface area (Å²) in [6.45, 7) is 25.1. The van der Waals surface area contributed by atoms with E-state index in [0.717, 1.165) is 33.9 Å². The quantitative estimate of drug-likeness (QED) is 0.0751. The third-order valence-electron chi connectivity index (χ3n) is 7.50. The fourth-order valence-corrected chi connectivity index (χ4v) is 5.08. The predicted octanol–water partition coefficient (Wildman–Crippen LogP) is 16.7. The van der Waals surface area contributed by atoms with Gasteiger partial charge in [0.2, 0.25) is 15.3 Å². The summed E-state index contributed by atoms with van der Waals surface area (Å²) in [6.07, 6.45) is 0. The Labute approximate surface area is 422 Å². The van der Waals surface area contributed by atoms with Gasteiger partial charge in [0, 0.05) is 13.1 Å². The molecule has 0 aliphatic heterocycles. The molecule has 6 aromatic carbocycles. The Kier molecular flexibility index (Phi) is 26.8.